The maximum Gasteiger partial charge on any atom is 0.270 e. The highest BCUT2D eigenvalue weighted by atomic mass is 35.5. The second-order valence-electron chi connectivity index (χ2n) is 9.94. The number of benzene rings is 1. The van der Waals surface area contributed by atoms with Crippen molar-refractivity contribution < 1.29 is 9.59 Å². The second-order valence-corrected chi connectivity index (χ2v) is 10.3. The van der Waals surface area contributed by atoms with E-state index in [1.165, 1.54) is 6.08 Å². The van der Waals surface area contributed by atoms with Crippen LogP contribution in [0.25, 0.3) is 10.9 Å². The van der Waals surface area contributed by atoms with E-state index < -0.39 is 0 Å². The maximum atomic E-state index is 12.9. The van der Waals surface area contributed by atoms with Gasteiger partial charge in [-0.2, -0.15) is 5.10 Å². The summed E-state index contributed by atoms with van der Waals surface area (Å²) in [5.74, 6) is 0.533. The van der Waals surface area contributed by atoms with Gasteiger partial charge in [-0.05, 0) is 42.5 Å². The second kappa shape index (κ2) is 8.91. The van der Waals surface area contributed by atoms with E-state index in [9.17, 15) is 9.59 Å². The summed E-state index contributed by atoms with van der Waals surface area (Å²) in [6.07, 6.45) is 2.64. The Kier molecular flexibility index (Phi) is 6.29. The van der Waals surface area contributed by atoms with Crippen LogP contribution in [0.5, 0.6) is 0 Å². The molecule has 1 aromatic carbocycles. The van der Waals surface area contributed by atoms with Crippen LogP contribution in [-0.2, 0) is 30.1 Å². The number of aryl methyl sites for hydroxylation is 3. The average Bonchev–Trinajstić information content (AvgIpc) is 3.25. The van der Waals surface area contributed by atoms with E-state index in [2.05, 4.69) is 53.9 Å². The zero-order valence-corrected chi connectivity index (χ0v) is 21.1. The Morgan fingerprint density at radius 3 is 2.65 bits per heavy atom. The van der Waals surface area contributed by atoms with Crippen LogP contribution in [0.1, 0.15) is 54.0 Å². The molecule has 1 saturated heterocycles. The monoisotopic (exact) mass is 482 g/mol. The van der Waals surface area contributed by atoms with Crippen molar-refractivity contribution in [2.24, 2.45) is 7.05 Å². The Morgan fingerprint density at radius 2 is 2.00 bits per heavy atom. The van der Waals surface area contributed by atoms with Crippen molar-refractivity contribution in [2.45, 2.75) is 52.0 Å². The molecular weight excluding hydrogens is 452 g/mol. The quantitative estimate of drug-likeness (QED) is 0.526. The molecule has 4 rings (SSSR count). The van der Waals surface area contributed by atoms with Crippen LogP contribution >= 0.6 is 11.6 Å². The first-order chi connectivity index (χ1) is 16.0. The minimum atomic E-state index is -0.175. The Morgan fingerprint density at radius 1 is 1.29 bits per heavy atom. The number of hydrogen-bond acceptors (Lipinski definition) is 4. The highest BCUT2D eigenvalue weighted by Crippen LogP contribution is 2.33. The lowest BCUT2D eigenvalue weighted by atomic mass is 9.86. The summed E-state index contributed by atoms with van der Waals surface area (Å²) in [5, 5.41) is 12.4. The Labute approximate surface area is 204 Å². The highest BCUT2D eigenvalue weighted by molar-refractivity contribution is 6.32. The fourth-order valence-electron chi connectivity index (χ4n) is 4.45. The number of imidazole rings is 1. The maximum absolute atomic E-state index is 12.9. The third kappa shape index (κ3) is 4.46. The molecule has 0 bridgehead atoms. The molecule has 1 aliphatic rings. The van der Waals surface area contributed by atoms with Crippen molar-refractivity contribution in [3.05, 3.63) is 58.3 Å². The third-order valence-electron chi connectivity index (χ3n) is 6.41. The minimum absolute atomic E-state index is 0.0608. The first-order valence-electron chi connectivity index (χ1n) is 11.4. The number of nitrogens with zero attached hydrogens (tertiary/aromatic N) is 4. The number of carbonyl (C=O) groups excluding carboxylic acids is 2. The Hall–Kier alpha value is -3.13. The van der Waals surface area contributed by atoms with Gasteiger partial charge in [-0.3, -0.25) is 14.7 Å². The SMILES string of the molecule is C=CC(=O)N1CC(NC(=O)c2c(C)nc(CCc3[nH]nc4cc(Cl)c(C(C)(C)C)cc34)n2C)C1. The van der Waals surface area contributed by atoms with Crippen LogP contribution in [0.15, 0.2) is 24.8 Å². The smallest absolute Gasteiger partial charge is 0.270 e. The molecule has 2 aromatic heterocycles. The van der Waals surface area contributed by atoms with Gasteiger partial charge in [0.25, 0.3) is 5.91 Å². The number of likely N-dealkylation sites (tertiary alicyclic amines) is 1. The number of aromatic nitrogens is 4. The zero-order chi connectivity index (χ0) is 24.8. The first kappa shape index (κ1) is 24.0. The van der Waals surface area contributed by atoms with Crippen LogP contribution in [0.4, 0.5) is 0 Å². The summed E-state index contributed by atoms with van der Waals surface area (Å²) in [7, 11) is 1.86. The lowest BCUT2D eigenvalue weighted by Gasteiger charge is -2.38. The third-order valence-corrected chi connectivity index (χ3v) is 6.72. The van der Waals surface area contributed by atoms with Gasteiger partial charge in [-0.25, -0.2) is 4.98 Å². The summed E-state index contributed by atoms with van der Waals surface area (Å²) in [6.45, 7) is 12.7. The van der Waals surface area contributed by atoms with Crippen LogP contribution in [0.2, 0.25) is 5.02 Å². The van der Waals surface area contributed by atoms with Crippen molar-refractivity contribution in [3.8, 4) is 0 Å². The van der Waals surface area contributed by atoms with Crippen LogP contribution in [-0.4, -0.2) is 55.6 Å². The molecule has 1 fully saturated rings. The molecule has 0 radical (unpaired) electrons. The number of nitrogens with one attached hydrogen (secondary N) is 2. The summed E-state index contributed by atoms with van der Waals surface area (Å²) in [4.78, 5) is 30.8. The standard InChI is InChI=1S/C25H31ClN6O2/c1-7-22(33)32-12-15(13-32)28-24(34)23-14(2)27-21(31(23)6)9-8-19-16-10-17(25(3,4)5)18(26)11-20(16)30-29-19/h7,10-11,15H,1,8-9,12-13H2,2-6H3,(H,28,34)(H,29,30). The summed E-state index contributed by atoms with van der Waals surface area (Å²) >= 11 is 6.49. The number of amides is 2. The number of H-pyrrole nitrogens is 1. The van der Waals surface area contributed by atoms with E-state index in [-0.39, 0.29) is 23.3 Å². The Bertz CT molecular complexity index is 1280. The predicted octanol–water partition coefficient (Wildman–Crippen LogP) is 3.47. The molecule has 3 heterocycles. The first-order valence-corrected chi connectivity index (χ1v) is 11.8. The summed E-state index contributed by atoms with van der Waals surface area (Å²) in [6, 6.07) is 3.97. The van der Waals surface area contributed by atoms with E-state index in [0.29, 0.717) is 37.3 Å². The van der Waals surface area contributed by atoms with E-state index in [1.807, 2.05) is 24.6 Å². The van der Waals surface area contributed by atoms with Gasteiger partial charge < -0.3 is 14.8 Å². The van der Waals surface area contributed by atoms with Crippen LogP contribution in [0.3, 0.4) is 0 Å². The van der Waals surface area contributed by atoms with E-state index >= 15 is 0 Å². The molecule has 0 spiro atoms. The van der Waals surface area contributed by atoms with Gasteiger partial charge in [0.1, 0.15) is 11.5 Å². The molecule has 1 aliphatic heterocycles. The van der Waals surface area contributed by atoms with Crippen molar-refractivity contribution in [1.29, 1.82) is 0 Å². The van der Waals surface area contributed by atoms with Crippen molar-refractivity contribution >= 4 is 34.3 Å². The van der Waals surface area contributed by atoms with Gasteiger partial charge in [0.15, 0.2) is 0 Å². The molecule has 34 heavy (non-hydrogen) atoms. The summed E-state index contributed by atoms with van der Waals surface area (Å²) < 4.78 is 1.85. The Balaban J connectivity index is 1.47. The van der Waals surface area contributed by atoms with E-state index in [1.54, 1.807) is 4.90 Å². The lowest BCUT2D eigenvalue weighted by Crippen LogP contribution is -2.60. The number of hydrogen-bond donors (Lipinski definition) is 2. The average molecular weight is 483 g/mol. The molecule has 0 saturated carbocycles. The van der Waals surface area contributed by atoms with Gasteiger partial charge in [0, 0.05) is 42.7 Å². The number of carbonyl (C=O) groups is 2. The van der Waals surface area contributed by atoms with Gasteiger partial charge in [-0.1, -0.05) is 39.0 Å². The molecule has 2 N–H and O–H groups in total. The number of fused-ring (bicyclic) bond motifs is 1. The highest BCUT2D eigenvalue weighted by Gasteiger charge is 2.32. The van der Waals surface area contributed by atoms with Gasteiger partial charge in [0.05, 0.1) is 17.3 Å². The van der Waals surface area contributed by atoms with Gasteiger partial charge in [0.2, 0.25) is 5.91 Å². The van der Waals surface area contributed by atoms with E-state index in [0.717, 1.165) is 33.0 Å². The molecule has 0 aliphatic carbocycles. The molecule has 9 heteroatoms. The molecule has 3 aromatic rings. The molecule has 2 amide bonds. The topological polar surface area (TPSA) is 95.9 Å². The largest absolute Gasteiger partial charge is 0.344 e. The van der Waals surface area contributed by atoms with Crippen LogP contribution in [0, 0.1) is 6.92 Å². The minimum Gasteiger partial charge on any atom is -0.344 e. The molecular formula is C25H31ClN6O2. The normalized spacial score (nSPS) is 14.4. The van der Waals surface area contributed by atoms with Crippen molar-refractivity contribution in [3.63, 3.8) is 0 Å². The van der Waals surface area contributed by atoms with Crippen LogP contribution < -0.4 is 5.32 Å². The summed E-state index contributed by atoms with van der Waals surface area (Å²) in [5.41, 5.74) is 4.10. The number of aromatic amines is 1. The molecule has 8 nitrogen and oxygen atoms in total. The fraction of sp³-hybridized carbons (Fsp3) is 0.440. The van der Waals surface area contributed by atoms with Crippen molar-refractivity contribution in [2.75, 3.05) is 13.1 Å². The van der Waals surface area contributed by atoms with E-state index in [4.69, 9.17) is 11.6 Å². The van der Waals surface area contributed by atoms with Gasteiger partial charge >= 0.3 is 0 Å². The predicted molar refractivity (Wildman–Crippen MR) is 133 cm³/mol. The van der Waals surface area contributed by atoms with Gasteiger partial charge in [-0.15, -0.1) is 0 Å². The molecule has 0 atom stereocenters. The lowest BCUT2D eigenvalue weighted by molar-refractivity contribution is -0.130. The number of halogens is 1. The number of rotatable bonds is 6. The molecule has 0 unspecified atom stereocenters. The van der Waals surface area contributed by atoms with Crippen molar-refractivity contribution in [1.82, 2.24) is 30.0 Å². The zero-order valence-electron chi connectivity index (χ0n) is 20.3. The molecule has 180 valence electrons. The fourth-order valence-corrected chi connectivity index (χ4v) is 4.89.